The first-order chi connectivity index (χ1) is 14.9. The highest BCUT2D eigenvalue weighted by Gasteiger charge is 2.59. The van der Waals surface area contributed by atoms with E-state index in [1.165, 1.54) is 6.21 Å². The van der Waals surface area contributed by atoms with Crippen molar-refractivity contribution < 1.29 is 14.3 Å². The number of allylic oxidation sites excluding steroid dienone is 2. The summed E-state index contributed by atoms with van der Waals surface area (Å²) in [4.78, 5) is 25.6. The summed E-state index contributed by atoms with van der Waals surface area (Å²) < 4.78 is 5.91. The van der Waals surface area contributed by atoms with Gasteiger partial charge in [0.1, 0.15) is 12.4 Å². The van der Waals surface area contributed by atoms with Gasteiger partial charge in [-0.2, -0.15) is 10.1 Å². The van der Waals surface area contributed by atoms with Crippen LogP contribution in [0.1, 0.15) is 17.5 Å². The van der Waals surface area contributed by atoms with E-state index in [1.807, 2.05) is 0 Å². The van der Waals surface area contributed by atoms with Gasteiger partial charge in [0.25, 0.3) is 11.8 Å². The van der Waals surface area contributed by atoms with Gasteiger partial charge in [0, 0.05) is 26.2 Å². The Labute approximate surface area is 194 Å². The van der Waals surface area contributed by atoms with Crippen LogP contribution in [-0.2, 0) is 16.2 Å². The number of hydrogen-bond acceptors (Lipinski definition) is 4. The molecule has 1 heterocycles. The third-order valence-electron chi connectivity index (χ3n) is 6.13. The molecule has 5 rings (SSSR count). The SMILES string of the molecule is O=C1[C@@H]2[C@H](C(=O)N1N=Cc1cc(Cl)ccc1OCc1ccc(Cl)cc1Cl)[C@H]1C=C[C@H]2C1. The van der Waals surface area contributed by atoms with Gasteiger partial charge in [-0.25, -0.2) is 0 Å². The molecule has 3 aliphatic rings. The van der Waals surface area contributed by atoms with Gasteiger partial charge in [0.15, 0.2) is 0 Å². The molecular formula is C23H17Cl3N2O3. The minimum Gasteiger partial charge on any atom is -0.488 e. The Kier molecular flexibility index (Phi) is 5.29. The molecule has 0 N–H and O–H groups in total. The van der Waals surface area contributed by atoms with Crippen LogP contribution < -0.4 is 4.74 Å². The highest BCUT2D eigenvalue weighted by molar-refractivity contribution is 6.35. The second kappa shape index (κ2) is 7.97. The van der Waals surface area contributed by atoms with E-state index in [9.17, 15) is 9.59 Å². The number of fused-ring (bicyclic) bond motifs is 5. The third kappa shape index (κ3) is 3.65. The molecule has 2 bridgehead atoms. The van der Waals surface area contributed by atoms with Crippen molar-refractivity contribution in [3.8, 4) is 5.75 Å². The van der Waals surface area contributed by atoms with Gasteiger partial charge in [-0.1, -0.05) is 53.0 Å². The predicted molar refractivity (Wildman–Crippen MR) is 119 cm³/mol. The molecule has 2 aromatic rings. The summed E-state index contributed by atoms with van der Waals surface area (Å²) >= 11 is 18.3. The number of benzene rings is 2. The van der Waals surface area contributed by atoms with Crippen molar-refractivity contribution in [2.45, 2.75) is 13.0 Å². The van der Waals surface area contributed by atoms with Crippen molar-refractivity contribution in [1.29, 1.82) is 0 Å². The van der Waals surface area contributed by atoms with E-state index in [-0.39, 0.29) is 42.1 Å². The first-order valence-electron chi connectivity index (χ1n) is 9.89. The zero-order valence-corrected chi connectivity index (χ0v) is 18.4. The quantitative estimate of drug-likeness (QED) is 0.332. The van der Waals surface area contributed by atoms with E-state index in [0.717, 1.165) is 17.0 Å². The summed E-state index contributed by atoms with van der Waals surface area (Å²) in [6.07, 6.45) is 6.42. The Morgan fingerprint density at radius 1 is 0.968 bits per heavy atom. The maximum absolute atomic E-state index is 12.8. The second-order valence-electron chi connectivity index (χ2n) is 7.94. The largest absolute Gasteiger partial charge is 0.488 e. The van der Waals surface area contributed by atoms with Crippen molar-refractivity contribution in [2.24, 2.45) is 28.8 Å². The van der Waals surface area contributed by atoms with E-state index in [0.29, 0.717) is 26.4 Å². The van der Waals surface area contributed by atoms with Gasteiger partial charge < -0.3 is 4.74 Å². The fourth-order valence-corrected chi connectivity index (χ4v) is 5.31. The maximum atomic E-state index is 12.8. The topological polar surface area (TPSA) is 59.0 Å². The molecule has 158 valence electrons. The van der Waals surface area contributed by atoms with Gasteiger partial charge in [-0.3, -0.25) is 9.59 Å². The standard InChI is InChI=1S/C23H17Cl3N2O3/c24-16-5-6-19(31-11-14-3-4-17(25)9-18(14)26)15(8-16)10-27-28-22(29)20-12-1-2-13(7-12)21(20)23(28)30/h1-6,8-10,12-13,20-21H,7,11H2/t12-,13-,20-,21+/m0/s1. The molecule has 1 saturated carbocycles. The van der Waals surface area contributed by atoms with Gasteiger partial charge in [-0.05, 0) is 48.6 Å². The molecule has 1 aliphatic heterocycles. The normalized spacial score (nSPS) is 26.4. The molecule has 2 aliphatic carbocycles. The Morgan fingerprint density at radius 3 is 2.29 bits per heavy atom. The lowest BCUT2D eigenvalue weighted by atomic mass is 9.85. The average Bonchev–Trinajstić information content (AvgIpc) is 3.41. The molecule has 0 aromatic heterocycles. The number of hydrazone groups is 1. The number of hydrogen-bond donors (Lipinski definition) is 0. The third-order valence-corrected chi connectivity index (χ3v) is 6.95. The second-order valence-corrected chi connectivity index (χ2v) is 9.22. The Balaban J connectivity index is 1.36. The summed E-state index contributed by atoms with van der Waals surface area (Å²) in [6, 6.07) is 10.2. The van der Waals surface area contributed by atoms with Crippen LogP contribution in [0.4, 0.5) is 0 Å². The number of carbonyl (C=O) groups excluding carboxylic acids is 2. The fourth-order valence-electron chi connectivity index (χ4n) is 4.67. The summed E-state index contributed by atoms with van der Waals surface area (Å²) in [5, 5.41) is 6.75. The smallest absolute Gasteiger partial charge is 0.254 e. The lowest BCUT2D eigenvalue weighted by molar-refractivity contribution is -0.140. The Hall–Kier alpha value is -2.34. The number of halogens is 3. The van der Waals surface area contributed by atoms with Crippen LogP contribution in [-0.4, -0.2) is 23.0 Å². The van der Waals surface area contributed by atoms with Crippen LogP contribution >= 0.6 is 34.8 Å². The van der Waals surface area contributed by atoms with Gasteiger partial charge >= 0.3 is 0 Å². The zero-order chi connectivity index (χ0) is 21.7. The van der Waals surface area contributed by atoms with Gasteiger partial charge in [0.2, 0.25) is 0 Å². The summed E-state index contributed by atoms with van der Waals surface area (Å²) in [5.41, 5.74) is 1.32. The van der Waals surface area contributed by atoms with Crippen molar-refractivity contribution >= 4 is 52.8 Å². The molecule has 1 saturated heterocycles. The van der Waals surface area contributed by atoms with Crippen LogP contribution in [0, 0.1) is 23.7 Å². The summed E-state index contributed by atoms with van der Waals surface area (Å²) in [6.45, 7) is 0.208. The van der Waals surface area contributed by atoms with E-state index in [1.54, 1.807) is 36.4 Å². The van der Waals surface area contributed by atoms with E-state index >= 15 is 0 Å². The van der Waals surface area contributed by atoms with Crippen molar-refractivity contribution in [3.63, 3.8) is 0 Å². The van der Waals surface area contributed by atoms with Gasteiger partial charge in [-0.15, -0.1) is 0 Å². The molecule has 2 amide bonds. The lowest BCUT2D eigenvalue weighted by Crippen LogP contribution is -2.28. The molecule has 8 heteroatoms. The van der Waals surface area contributed by atoms with Crippen molar-refractivity contribution in [3.05, 3.63) is 74.7 Å². The summed E-state index contributed by atoms with van der Waals surface area (Å²) in [5.74, 6) is -0.272. The number of ether oxygens (including phenoxy) is 1. The van der Waals surface area contributed by atoms with E-state index in [2.05, 4.69) is 17.3 Å². The average molecular weight is 476 g/mol. The Bertz CT molecular complexity index is 1120. The van der Waals surface area contributed by atoms with Crippen molar-refractivity contribution in [1.82, 2.24) is 5.01 Å². The van der Waals surface area contributed by atoms with Crippen LogP contribution in [0.25, 0.3) is 0 Å². The van der Waals surface area contributed by atoms with E-state index in [4.69, 9.17) is 39.5 Å². The van der Waals surface area contributed by atoms with Crippen LogP contribution in [0.3, 0.4) is 0 Å². The summed E-state index contributed by atoms with van der Waals surface area (Å²) in [7, 11) is 0. The molecular weight excluding hydrogens is 459 g/mol. The van der Waals surface area contributed by atoms with Gasteiger partial charge in [0.05, 0.1) is 18.1 Å². The first kappa shape index (κ1) is 20.6. The number of carbonyl (C=O) groups is 2. The molecule has 2 aromatic carbocycles. The lowest BCUT2D eigenvalue weighted by Gasteiger charge is -2.13. The minimum absolute atomic E-state index is 0.140. The minimum atomic E-state index is -0.290. The van der Waals surface area contributed by atoms with Crippen molar-refractivity contribution in [2.75, 3.05) is 0 Å². The Morgan fingerprint density at radius 2 is 1.61 bits per heavy atom. The molecule has 0 unspecified atom stereocenters. The monoisotopic (exact) mass is 474 g/mol. The molecule has 0 radical (unpaired) electrons. The number of rotatable bonds is 5. The number of imide groups is 1. The number of amides is 2. The van der Waals surface area contributed by atoms with E-state index < -0.39 is 0 Å². The number of nitrogens with zero attached hydrogens (tertiary/aromatic N) is 2. The molecule has 31 heavy (non-hydrogen) atoms. The first-order valence-corrected chi connectivity index (χ1v) is 11.0. The van der Waals surface area contributed by atoms with Crippen LogP contribution in [0.5, 0.6) is 5.75 Å². The maximum Gasteiger partial charge on any atom is 0.254 e. The highest BCUT2D eigenvalue weighted by atomic mass is 35.5. The molecule has 0 spiro atoms. The van der Waals surface area contributed by atoms with Crippen LogP contribution in [0.15, 0.2) is 53.7 Å². The zero-order valence-electron chi connectivity index (χ0n) is 16.2. The van der Waals surface area contributed by atoms with Crippen LogP contribution in [0.2, 0.25) is 15.1 Å². The molecule has 2 fully saturated rings. The molecule has 4 atom stereocenters. The molecule has 5 nitrogen and oxygen atoms in total. The predicted octanol–water partition coefficient (Wildman–Crippen LogP) is 5.37. The highest BCUT2D eigenvalue weighted by Crippen LogP contribution is 2.52. The fraction of sp³-hybridized carbons (Fsp3) is 0.261.